The number of nitrogens with zero attached hydrogens (tertiary/aromatic N) is 2. The molecule has 1 aromatic heterocycles. The minimum atomic E-state index is 0.892. The predicted octanol–water partition coefficient (Wildman–Crippen LogP) is 4.96. The van der Waals surface area contributed by atoms with Crippen LogP contribution >= 0.6 is 0 Å². The number of hydrogen-bond acceptors (Lipinski definition) is 2. The number of allylic oxidation sites excluding steroid dienone is 1. The van der Waals surface area contributed by atoms with Crippen molar-refractivity contribution in [2.75, 3.05) is 20.7 Å². The number of rotatable bonds is 3. The average molecular weight is 346 g/mol. The molecule has 0 spiro atoms. The molecule has 0 amide bonds. The molecule has 0 bridgehead atoms. The van der Waals surface area contributed by atoms with Gasteiger partial charge in [0.15, 0.2) is 0 Å². The van der Waals surface area contributed by atoms with Crippen LogP contribution in [0.1, 0.15) is 29.3 Å². The predicted molar refractivity (Wildman–Crippen MR) is 110 cm³/mol. The van der Waals surface area contributed by atoms with Crippen molar-refractivity contribution in [2.45, 2.75) is 26.8 Å². The van der Waals surface area contributed by atoms with Crippen molar-refractivity contribution in [1.82, 2.24) is 9.47 Å². The third kappa shape index (κ3) is 2.93. The summed E-state index contributed by atoms with van der Waals surface area (Å²) in [6, 6.07) is 15.1. The fraction of sp³-hybridized carbons (Fsp3) is 0.304. The quantitative estimate of drug-likeness (QED) is 0.666. The lowest BCUT2D eigenvalue weighted by Gasteiger charge is -2.23. The Labute approximate surface area is 155 Å². The van der Waals surface area contributed by atoms with Crippen LogP contribution in [0.4, 0.5) is 0 Å². The van der Waals surface area contributed by atoms with Crippen LogP contribution in [-0.4, -0.2) is 30.2 Å². The van der Waals surface area contributed by atoms with E-state index < -0.39 is 0 Å². The number of fused-ring (bicyclic) bond motifs is 3. The van der Waals surface area contributed by atoms with Crippen LogP contribution < -0.4 is 4.74 Å². The zero-order chi connectivity index (χ0) is 18.3. The Morgan fingerprint density at radius 3 is 2.62 bits per heavy atom. The van der Waals surface area contributed by atoms with E-state index in [0.29, 0.717) is 0 Å². The highest BCUT2D eigenvalue weighted by molar-refractivity contribution is 5.90. The van der Waals surface area contributed by atoms with E-state index in [1.165, 1.54) is 38.9 Å². The summed E-state index contributed by atoms with van der Waals surface area (Å²) in [5.74, 6) is 0.892. The smallest absolute Gasteiger partial charge is 0.118 e. The van der Waals surface area contributed by atoms with Crippen molar-refractivity contribution in [2.24, 2.45) is 0 Å². The van der Waals surface area contributed by atoms with Crippen LogP contribution in [0.3, 0.4) is 0 Å². The van der Waals surface area contributed by atoms with Gasteiger partial charge in [-0.1, -0.05) is 23.8 Å². The van der Waals surface area contributed by atoms with E-state index in [9.17, 15) is 0 Å². The van der Waals surface area contributed by atoms with Gasteiger partial charge in [0.2, 0.25) is 0 Å². The lowest BCUT2D eigenvalue weighted by Crippen LogP contribution is -2.26. The molecule has 2 aromatic carbocycles. The van der Waals surface area contributed by atoms with E-state index in [1.807, 2.05) is 12.1 Å². The van der Waals surface area contributed by atoms with Crippen LogP contribution in [0.15, 0.2) is 42.5 Å². The molecular formula is C23H26N2O. The molecule has 4 rings (SSSR count). The molecular weight excluding hydrogens is 320 g/mol. The van der Waals surface area contributed by atoms with Gasteiger partial charge in [-0.05, 0) is 61.9 Å². The van der Waals surface area contributed by atoms with E-state index >= 15 is 0 Å². The van der Waals surface area contributed by atoms with Gasteiger partial charge in [0, 0.05) is 36.8 Å². The Kier molecular flexibility index (Phi) is 4.33. The van der Waals surface area contributed by atoms with Gasteiger partial charge in [-0.2, -0.15) is 0 Å². The molecule has 0 aliphatic carbocycles. The van der Waals surface area contributed by atoms with Gasteiger partial charge < -0.3 is 14.2 Å². The monoisotopic (exact) mass is 346 g/mol. The molecule has 26 heavy (non-hydrogen) atoms. The Hall–Kier alpha value is -2.52. The Morgan fingerprint density at radius 2 is 1.88 bits per heavy atom. The summed E-state index contributed by atoms with van der Waals surface area (Å²) in [4.78, 5) is 2.41. The molecule has 0 unspecified atom stereocenters. The minimum absolute atomic E-state index is 0.892. The first kappa shape index (κ1) is 16.9. The molecule has 0 saturated heterocycles. The molecule has 2 heterocycles. The van der Waals surface area contributed by atoms with Crippen LogP contribution in [-0.2, 0) is 13.0 Å². The van der Waals surface area contributed by atoms with Crippen molar-refractivity contribution in [3.8, 4) is 5.75 Å². The second kappa shape index (κ2) is 6.65. The highest BCUT2D eigenvalue weighted by Gasteiger charge is 2.21. The highest BCUT2D eigenvalue weighted by atomic mass is 16.5. The number of likely N-dealkylation sites (N-methyl/N-ethyl adjacent to an activating group) is 1. The number of ether oxygens (including phenoxy) is 1. The summed E-state index contributed by atoms with van der Waals surface area (Å²) in [6.45, 7) is 6.49. The largest absolute Gasteiger partial charge is 0.497 e. The van der Waals surface area contributed by atoms with Gasteiger partial charge in [0.05, 0.1) is 12.6 Å². The van der Waals surface area contributed by atoms with Crippen LogP contribution in [0, 0.1) is 6.92 Å². The summed E-state index contributed by atoms with van der Waals surface area (Å²) in [5.41, 5.74) is 8.05. The van der Waals surface area contributed by atoms with Crippen molar-refractivity contribution in [1.29, 1.82) is 0 Å². The van der Waals surface area contributed by atoms with Crippen LogP contribution in [0.5, 0.6) is 5.75 Å². The maximum Gasteiger partial charge on any atom is 0.118 e. The van der Waals surface area contributed by atoms with Crippen molar-refractivity contribution < 1.29 is 4.74 Å². The van der Waals surface area contributed by atoms with Gasteiger partial charge in [0.1, 0.15) is 5.75 Å². The third-order valence-corrected chi connectivity index (χ3v) is 5.40. The maximum atomic E-state index is 5.28. The van der Waals surface area contributed by atoms with E-state index in [4.69, 9.17) is 4.74 Å². The topological polar surface area (TPSA) is 17.4 Å². The lowest BCUT2D eigenvalue weighted by molar-refractivity contribution is 0.312. The second-order valence-corrected chi connectivity index (χ2v) is 7.34. The van der Waals surface area contributed by atoms with Crippen molar-refractivity contribution in [3.63, 3.8) is 0 Å². The summed E-state index contributed by atoms with van der Waals surface area (Å²) in [5, 5.41) is 1.39. The van der Waals surface area contributed by atoms with Gasteiger partial charge in [-0.25, -0.2) is 0 Å². The highest BCUT2D eigenvalue weighted by Crippen LogP contribution is 2.32. The van der Waals surface area contributed by atoms with E-state index in [-0.39, 0.29) is 0 Å². The molecule has 1 aliphatic rings. The van der Waals surface area contributed by atoms with Gasteiger partial charge >= 0.3 is 0 Å². The van der Waals surface area contributed by atoms with E-state index in [0.717, 1.165) is 25.3 Å². The van der Waals surface area contributed by atoms with Crippen LogP contribution in [0.2, 0.25) is 0 Å². The maximum absolute atomic E-state index is 5.28. The Morgan fingerprint density at radius 1 is 1.12 bits per heavy atom. The number of aromatic nitrogens is 1. The molecule has 0 N–H and O–H groups in total. The molecule has 0 fully saturated rings. The zero-order valence-corrected chi connectivity index (χ0v) is 16.0. The molecule has 3 aromatic rings. The summed E-state index contributed by atoms with van der Waals surface area (Å²) >= 11 is 0. The fourth-order valence-corrected chi connectivity index (χ4v) is 3.91. The Balaban J connectivity index is 1.85. The first-order valence-electron chi connectivity index (χ1n) is 9.20. The first-order valence-corrected chi connectivity index (χ1v) is 9.20. The molecule has 0 radical (unpaired) electrons. The molecule has 1 aliphatic heterocycles. The normalized spacial score (nSPS) is 15.3. The number of benzene rings is 2. The summed E-state index contributed by atoms with van der Waals surface area (Å²) < 4.78 is 7.69. The SMILES string of the molecule is COc1ccc(C(C)=Cn2c3c(c4cc(C)ccc42)CN(C)CC3)cc1. The zero-order valence-electron chi connectivity index (χ0n) is 16.0. The van der Waals surface area contributed by atoms with Crippen molar-refractivity contribution in [3.05, 3.63) is 64.8 Å². The number of aryl methyl sites for hydroxylation is 1. The summed E-state index contributed by atoms with van der Waals surface area (Å²) in [6.07, 6.45) is 3.38. The molecule has 3 nitrogen and oxygen atoms in total. The minimum Gasteiger partial charge on any atom is -0.497 e. The molecule has 134 valence electrons. The lowest BCUT2D eigenvalue weighted by atomic mass is 10.0. The first-order chi connectivity index (χ1) is 12.6. The summed E-state index contributed by atoms with van der Waals surface area (Å²) in [7, 11) is 3.91. The van der Waals surface area contributed by atoms with Crippen LogP contribution in [0.25, 0.3) is 22.7 Å². The van der Waals surface area contributed by atoms with Gasteiger partial charge in [0.25, 0.3) is 0 Å². The van der Waals surface area contributed by atoms with Gasteiger partial charge in [-0.3, -0.25) is 0 Å². The molecule has 0 atom stereocenters. The van der Waals surface area contributed by atoms with E-state index in [1.54, 1.807) is 7.11 Å². The molecule has 3 heteroatoms. The molecule has 0 saturated carbocycles. The standard InChI is InChI=1S/C23H26N2O/c1-16-5-10-22-20(13-16)21-15-24(3)12-11-23(21)25(22)14-17(2)18-6-8-19(26-4)9-7-18/h5-10,13-14H,11-12,15H2,1-4H3. The second-order valence-electron chi connectivity index (χ2n) is 7.34. The number of methoxy groups -OCH3 is 1. The number of hydrogen-bond donors (Lipinski definition) is 0. The van der Waals surface area contributed by atoms with E-state index in [2.05, 4.69) is 66.9 Å². The fourth-order valence-electron chi connectivity index (χ4n) is 3.91. The van der Waals surface area contributed by atoms with Crippen molar-refractivity contribution >= 4 is 22.7 Å². The van der Waals surface area contributed by atoms with Gasteiger partial charge in [-0.15, -0.1) is 0 Å². The average Bonchev–Trinajstić information content (AvgIpc) is 2.94. The third-order valence-electron chi connectivity index (χ3n) is 5.40. The Bertz CT molecular complexity index is 980.